The van der Waals surface area contributed by atoms with Crippen LogP contribution in [0.3, 0.4) is 0 Å². The van der Waals surface area contributed by atoms with Gasteiger partial charge in [0.15, 0.2) is 0 Å². The molecule has 0 aliphatic carbocycles. The first-order valence-electron chi connectivity index (χ1n) is 9.08. The molecule has 0 amide bonds. The van der Waals surface area contributed by atoms with Crippen molar-refractivity contribution in [3.8, 4) is 28.1 Å². The van der Waals surface area contributed by atoms with Crippen molar-refractivity contribution in [2.75, 3.05) is 0 Å². The van der Waals surface area contributed by atoms with E-state index in [1.54, 1.807) is 0 Å². The van der Waals surface area contributed by atoms with E-state index in [0.717, 1.165) is 22.5 Å². The van der Waals surface area contributed by atoms with Gasteiger partial charge in [-0.25, -0.2) is 0 Å². The fraction of sp³-hybridized carbons (Fsp3) is 0. The van der Waals surface area contributed by atoms with Crippen LogP contribution in [0.1, 0.15) is 0 Å². The molecule has 0 atom stereocenters. The van der Waals surface area contributed by atoms with Gasteiger partial charge in [-0.1, -0.05) is 78.9 Å². The molecule has 2 aromatic heterocycles. The Hall–Kier alpha value is -3.65. The van der Waals surface area contributed by atoms with E-state index in [0.29, 0.717) is 0 Å². The zero-order chi connectivity index (χ0) is 18.1. The van der Waals surface area contributed by atoms with E-state index in [-0.39, 0.29) is 0 Å². The summed E-state index contributed by atoms with van der Waals surface area (Å²) in [6.45, 7) is 0. The maximum atomic E-state index is 4.75. The zero-order valence-corrected chi connectivity index (χ0v) is 14.8. The minimum absolute atomic E-state index is 0.999. The molecule has 3 aromatic carbocycles. The number of fused-ring (bicyclic) bond motifs is 1. The lowest BCUT2D eigenvalue weighted by Crippen LogP contribution is -1.94. The molecule has 0 aliphatic heterocycles. The first kappa shape index (κ1) is 15.6. The van der Waals surface area contributed by atoms with Gasteiger partial charge in [0, 0.05) is 34.6 Å². The number of para-hydroxylation sites is 1. The fourth-order valence-corrected chi connectivity index (χ4v) is 3.63. The Morgan fingerprint density at radius 1 is 0.593 bits per heavy atom. The highest BCUT2D eigenvalue weighted by molar-refractivity contribution is 6.03. The molecule has 2 heteroatoms. The van der Waals surface area contributed by atoms with Crippen molar-refractivity contribution in [3.63, 3.8) is 0 Å². The third-order valence-corrected chi connectivity index (χ3v) is 4.88. The number of benzene rings is 3. The Balaban J connectivity index is 1.87. The van der Waals surface area contributed by atoms with Crippen LogP contribution < -0.4 is 0 Å². The van der Waals surface area contributed by atoms with Crippen LogP contribution in [0.4, 0.5) is 0 Å². The number of pyridine rings is 1. The highest BCUT2D eigenvalue weighted by Crippen LogP contribution is 2.36. The maximum absolute atomic E-state index is 4.75. The van der Waals surface area contributed by atoms with Gasteiger partial charge < -0.3 is 4.57 Å². The second kappa shape index (κ2) is 6.58. The van der Waals surface area contributed by atoms with Gasteiger partial charge in [-0.05, 0) is 23.8 Å². The zero-order valence-electron chi connectivity index (χ0n) is 14.8. The number of hydrogen-bond donors (Lipinski definition) is 0. The van der Waals surface area contributed by atoms with Gasteiger partial charge in [-0.3, -0.25) is 4.98 Å². The van der Waals surface area contributed by atoms with E-state index in [1.165, 1.54) is 16.5 Å². The summed E-state index contributed by atoms with van der Waals surface area (Å²) in [7, 11) is 0. The summed E-state index contributed by atoms with van der Waals surface area (Å²) in [5.74, 6) is 0. The quantitative estimate of drug-likeness (QED) is 0.372. The average Bonchev–Trinajstić information content (AvgIpc) is 3.15. The van der Waals surface area contributed by atoms with Gasteiger partial charge in [-0.2, -0.15) is 0 Å². The lowest BCUT2D eigenvalue weighted by atomic mass is 10.0. The van der Waals surface area contributed by atoms with Gasteiger partial charge in [0.1, 0.15) is 0 Å². The standard InChI is InChI=1S/C25H18N2/c1-4-10-19(11-5-1)23-18-27(21-14-8-3-9-15-21)25-22(23)16-17-26-24(25)20-12-6-2-7-13-20/h1-18H. The lowest BCUT2D eigenvalue weighted by Gasteiger charge is -2.09. The van der Waals surface area contributed by atoms with Crippen molar-refractivity contribution in [1.29, 1.82) is 0 Å². The summed E-state index contributed by atoms with van der Waals surface area (Å²) < 4.78 is 2.26. The van der Waals surface area contributed by atoms with E-state index >= 15 is 0 Å². The van der Waals surface area contributed by atoms with Crippen molar-refractivity contribution < 1.29 is 0 Å². The van der Waals surface area contributed by atoms with Crippen LogP contribution in [-0.2, 0) is 0 Å². The van der Waals surface area contributed by atoms with Crippen LogP contribution >= 0.6 is 0 Å². The first-order valence-corrected chi connectivity index (χ1v) is 9.08. The van der Waals surface area contributed by atoms with Gasteiger partial charge >= 0.3 is 0 Å². The molecule has 0 saturated carbocycles. The summed E-state index contributed by atoms with van der Waals surface area (Å²) in [4.78, 5) is 4.75. The predicted octanol–water partition coefficient (Wildman–Crippen LogP) is 6.36. The monoisotopic (exact) mass is 346 g/mol. The highest BCUT2D eigenvalue weighted by atomic mass is 15.0. The molecular formula is C25H18N2. The summed E-state index contributed by atoms with van der Waals surface area (Å²) in [5, 5.41) is 1.21. The summed E-state index contributed by atoms with van der Waals surface area (Å²) in [6.07, 6.45) is 4.13. The molecule has 2 nitrogen and oxygen atoms in total. The van der Waals surface area contributed by atoms with Crippen molar-refractivity contribution in [3.05, 3.63) is 109 Å². The number of nitrogens with zero attached hydrogens (tertiary/aromatic N) is 2. The average molecular weight is 346 g/mol. The van der Waals surface area contributed by atoms with Gasteiger partial charge in [0.2, 0.25) is 0 Å². The van der Waals surface area contributed by atoms with Crippen LogP contribution in [0.15, 0.2) is 109 Å². The van der Waals surface area contributed by atoms with E-state index in [2.05, 4.69) is 95.7 Å². The molecule has 2 heterocycles. The maximum Gasteiger partial charge on any atom is 0.0948 e. The summed E-state index contributed by atoms with van der Waals surface area (Å²) in [6, 6.07) is 33.5. The second-order valence-corrected chi connectivity index (χ2v) is 6.54. The smallest absolute Gasteiger partial charge is 0.0948 e. The van der Waals surface area contributed by atoms with Gasteiger partial charge in [0.05, 0.1) is 11.2 Å². The number of aromatic nitrogens is 2. The minimum Gasteiger partial charge on any atom is -0.314 e. The molecular weight excluding hydrogens is 328 g/mol. The Labute approximate surface area is 158 Å². The summed E-state index contributed by atoms with van der Waals surface area (Å²) >= 11 is 0. The molecule has 0 saturated heterocycles. The van der Waals surface area contributed by atoms with Gasteiger partial charge in [-0.15, -0.1) is 0 Å². The minimum atomic E-state index is 0.999. The van der Waals surface area contributed by atoms with Crippen molar-refractivity contribution >= 4 is 10.9 Å². The van der Waals surface area contributed by atoms with E-state index in [4.69, 9.17) is 4.98 Å². The van der Waals surface area contributed by atoms with Gasteiger partial charge in [0.25, 0.3) is 0 Å². The molecule has 5 rings (SSSR count). The Kier molecular flexibility index (Phi) is 3.80. The largest absolute Gasteiger partial charge is 0.314 e. The predicted molar refractivity (Wildman–Crippen MR) is 112 cm³/mol. The number of hydrogen-bond acceptors (Lipinski definition) is 1. The normalized spacial score (nSPS) is 11.0. The molecule has 27 heavy (non-hydrogen) atoms. The molecule has 0 radical (unpaired) electrons. The lowest BCUT2D eigenvalue weighted by molar-refractivity contribution is 1.12. The van der Waals surface area contributed by atoms with Crippen molar-refractivity contribution in [1.82, 2.24) is 9.55 Å². The topological polar surface area (TPSA) is 17.8 Å². The number of rotatable bonds is 3. The third kappa shape index (κ3) is 2.72. The van der Waals surface area contributed by atoms with Crippen LogP contribution in [0, 0.1) is 0 Å². The SMILES string of the molecule is c1ccc(-c2cn(-c3ccccc3)c3c(-c4ccccc4)nccc23)cc1. The van der Waals surface area contributed by atoms with Crippen LogP contribution in [0.25, 0.3) is 39.0 Å². The van der Waals surface area contributed by atoms with Crippen molar-refractivity contribution in [2.45, 2.75) is 0 Å². The summed E-state index contributed by atoms with van der Waals surface area (Å²) in [5.41, 5.74) is 6.82. The third-order valence-electron chi connectivity index (χ3n) is 4.88. The van der Waals surface area contributed by atoms with E-state index < -0.39 is 0 Å². The fourth-order valence-electron chi connectivity index (χ4n) is 3.63. The molecule has 0 fully saturated rings. The van der Waals surface area contributed by atoms with Crippen molar-refractivity contribution in [2.24, 2.45) is 0 Å². The molecule has 5 aromatic rings. The Bertz CT molecular complexity index is 1190. The van der Waals surface area contributed by atoms with E-state index in [9.17, 15) is 0 Å². The van der Waals surface area contributed by atoms with Crippen LogP contribution in [-0.4, -0.2) is 9.55 Å². The molecule has 0 spiro atoms. The molecule has 0 bridgehead atoms. The Morgan fingerprint density at radius 3 is 1.85 bits per heavy atom. The van der Waals surface area contributed by atoms with Crippen LogP contribution in [0.5, 0.6) is 0 Å². The molecule has 128 valence electrons. The van der Waals surface area contributed by atoms with Crippen LogP contribution in [0.2, 0.25) is 0 Å². The molecule has 0 unspecified atom stereocenters. The molecule has 0 N–H and O–H groups in total. The first-order chi connectivity index (χ1) is 13.4. The highest BCUT2D eigenvalue weighted by Gasteiger charge is 2.16. The molecule has 0 aliphatic rings. The second-order valence-electron chi connectivity index (χ2n) is 6.54. The Morgan fingerprint density at radius 2 is 1.19 bits per heavy atom. The van der Waals surface area contributed by atoms with E-state index in [1.807, 2.05) is 18.3 Å².